The van der Waals surface area contributed by atoms with E-state index in [9.17, 15) is 14.7 Å². The lowest BCUT2D eigenvalue weighted by atomic mass is 9.99. The third-order valence-electron chi connectivity index (χ3n) is 5.17. The average molecular weight is 431 g/mol. The molecule has 0 aliphatic carbocycles. The highest BCUT2D eigenvalue weighted by molar-refractivity contribution is 8.26. The van der Waals surface area contributed by atoms with Crippen LogP contribution in [-0.4, -0.2) is 56.8 Å². The molecule has 1 aromatic carbocycles. The molecule has 7 heteroatoms. The van der Waals surface area contributed by atoms with E-state index < -0.39 is 0 Å². The first-order valence-corrected chi connectivity index (χ1v) is 11.2. The predicted molar refractivity (Wildman–Crippen MR) is 121 cm³/mol. The number of amides is 2. The summed E-state index contributed by atoms with van der Waals surface area (Å²) in [7, 11) is 0. The van der Waals surface area contributed by atoms with Gasteiger partial charge in [0.05, 0.1) is 4.91 Å². The normalized spacial score (nSPS) is 21.6. The fourth-order valence-electron chi connectivity index (χ4n) is 3.65. The van der Waals surface area contributed by atoms with Gasteiger partial charge in [0.15, 0.2) is 0 Å². The lowest BCUT2D eigenvalue weighted by Crippen LogP contribution is -2.45. The summed E-state index contributed by atoms with van der Waals surface area (Å²) in [5.41, 5.74) is 1.06. The number of likely N-dealkylation sites (tertiary alicyclic amines) is 1. The summed E-state index contributed by atoms with van der Waals surface area (Å²) in [6.07, 6.45) is 9.44. The SMILES string of the molecule is O=C1/C(=C/C=C/c2ccccc2)SC(=S)N1CCC(=O)N1CCCC[C@H]1CCO. The quantitative estimate of drug-likeness (QED) is 0.529. The molecule has 2 amide bonds. The summed E-state index contributed by atoms with van der Waals surface area (Å²) < 4.78 is 0.493. The Morgan fingerprint density at radius 1 is 1.28 bits per heavy atom. The zero-order chi connectivity index (χ0) is 20.6. The second-order valence-electron chi connectivity index (χ2n) is 7.12. The van der Waals surface area contributed by atoms with Crippen LogP contribution in [0.15, 0.2) is 47.4 Å². The second kappa shape index (κ2) is 10.7. The Kier molecular flexibility index (Phi) is 8.03. The molecule has 3 rings (SSSR count). The van der Waals surface area contributed by atoms with Gasteiger partial charge in [0.1, 0.15) is 4.32 Å². The van der Waals surface area contributed by atoms with Crippen LogP contribution in [0.4, 0.5) is 0 Å². The Balaban J connectivity index is 1.56. The van der Waals surface area contributed by atoms with Crippen LogP contribution >= 0.6 is 24.0 Å². The highest BCUT2D eigenvalue weighted by Gasteiger charge is 2.33. The second-order valence-corrected chi connectivity index (χ2v) is 8.80. The van der Waals surface area contributed by atoms with E-state index in [1.807, 2.05) is 47.4 Å². The fraction of sp³-hybridized carbons (Fsp3) is 0.409. The summed E-state index contributed by atoms with van der Waals surface area (Å²) in [6, 6.07) is 9.97. The number of piperidine rings is 1. The Bertz CT molecular complexity index is 806. The molecule has 0 spiro atoms. The van der Waals surface area contributed by atoms with Crippen LogP contribution in [-0.2, 0) is 9.59 Å². The van der Waals surface area contributed by atoms with Gasteiger partial charge in [-0.05, 0) is 37.3 Å². The van der Waals surface area contributed by atoms with Crippen LogP contribution in [0.25, 0.3) is 6.08 Å². The molecule has 1 atom stereocenters. The smallest absolute Gasteiger partial charge is 0.266 e. The fourth-order valence-corrected chi connectivity index (χ4v) is 4.91. The van der Waals surface area contributed by atoms with Gasteiger partial charge < -0.3 is 10.0 Å². The molecule has 2 saturated heterocycles. The first-order chi connectivity index (χ1) is 14.1. The number of carbonyl (C=O) groups is 2. The minimum absolute atomic E-state index is 0.0325. The van der Waals surface area contributed by atoms with Crippen molar-refractivity contribution in [3.8, 4) is 0 Å². The van der Waals surface area contributed by atoms with E-state index in [1.54, 1.807) is 6.08 Å². The first-order valence-electron chi connectivity index (χ1n) is 9.97. The summed E-state index contributed by atoms with van der Waals surface area (Å²) in [5, 5.41) is 9.24. The Morgan fingerprint density at radius 2 is 2.07 bits per heavy atom. The van der Waals surface area contributed by atoms with Gasteiger partial charge in [0.2, 0.25) is 5.91 Å². The van der Waals surface area contributed by atoms with Gasteiger partial charge >= 0.3 is 0 Å². The van der Waals surface area contributed by atoms with Gasteiger partial charge in [-0.3, -0.25) is 14.5 Å². The van der Waals surface area contributed by atoms with E-state index >= 15 is 0 Å². The zero-order valence-electron chi connectivity index (χ0n) is 16.3. The van der Waals surface area contributed by atoms with Crippen LogP contribution in [0.2, 0.25) is 0 Å². The molecule has 1 N–H and O–H groups in total. The van der Waals surface area contributed by atoms with E-state index in [4.69, 9.17) is 12.2 Å². The van der Waals surface area contributed by atoms with Gasteiger partial charge in [-0.1, -0.05) is 66.5 Å². The molecule has 0 aromatic heterocycles. The molecule has 0 unspecified atom stereocenters. The lowest BCUT2D eigenvalue weighted by Gasteiger charge is -2.36. The average Bonchev–Trinajstić information content (AvgIpc) is 3.00. The molecule has 2 aliphatic heterocycles. The Hall–Kier alpha value is -1.96. The highest BCUT2D eigenvalue weighted by Crippen LogP contribution is 2.31. The molecular weight excluding hydrogens is 404 g/mol. The molecule has 5 nitrogen and oxygen atoms in total. The highest BCUT2D eigenvalue weighted by atomic mass is 32.2. The van der Waals surface area contributed by atoms with Crippen molar-refractivity contribution in [1.82, 2.24) is 9.80 Å². The van der Waals surface area contributed by atoms with E-state index in [1.165, 1.54) is 16.7 Å². The summed E-state index contributed by atoms with van der Waals surface area (Å²) in [6.45, 7) is 1.11. The zero-order valence-corrected chi connectivity index (χ0v) is 18.0. The van der Waals surface area contributed by atoms with Crippen molar-refractivity contribution in [2.45, 2.75) is 38.1 Å². The van der Waals surface area contributed by atoms with Gasteiger partial charge in [-0.25, -0.2) is 0 Å². The number of hydrogen-bond donors (Lipinski definition) is 1. The molecular formula is C22H26N2O3S2. The van der Waals surface area contributed by atoms with Crippen LogP contribution < -0.4 is 0 Å². The van der Waals surface area contributed by atoms with Crippen LogP contribution in [0, 0.1) is 0 Å². The number of thiocarbonyl (C=S) groups is 1. The molecule has 0 saturated carbocycles. The molecule has 2 heterocycles. The monoisotopic (exact) mass is 430 g/mol. The lowest BCUT2D eigenvalue weighted by molar-refractivity contribution is -0.135. The van der Waals surface area contributed by atoms with Crippen molar-refractivity contribution >= 4 is 46.2 Å². The number of thioether (sulfide) groups is 1. The van der Waals surface area contributed by atoms with Crippen molar-refractivity contribution in [3.05, 3.63) is 53.0 Å². The number of rotatable bonds is 7. The Morgan fingerprint density at radius 3 is 2.83 bits per heavy atom. The van der Waals surface area contributed by atoms with E-state index in [-0.39, 0.29) is 30.9 Å². The number of carbonyl (C=O) groups excluding carboxylic acids is 2. The van der Waals surface area contributed by atoms with E-state index in [0.717, 1.165) is 31.4 Å². The molecule has 154 valence electrons. The molecule has 2 fully saturated rings. The Labute approximate surface area is 181 Å². The van der Waals surface area contributed by atoms with Gasteiger partial charge in [0.25, 0.3) is 5.91 Å². The van der Waals surface area contributed by atoms with E-state index in [2.05, 4.69) is 0 Å². The van der Waals surface area contributed by atoms with Crippen molar-refractivity contribution < 1.29 is 14.7 Å². The van der Waals surface area contributed by atoms with Crippen LogP contribution in [0.1, 0.15) is 37.7 Å². The number of hydrogen-bond acceptors (Lipinski definition) is 5. The van der Waals surface area contributed by atoms with Gasteiger partial charge in [-0.2, -0.15) is 0 Å². The summed E-state index contributed by atoms with van der Waals surface area (Å²) in [4.78, 5) is 29.3. The van der Waals surface area contributed by atoms with Crippen molar-refractivity contribution in [3.63, 3.8) is 0 Å². The topological polar surface area (TPSA) is 60.9 Å². The molecule has 29 heavy (non-hydrogen) atoms. The maximum Gasteiger partial charge on any atom is 0.266 e. The predicted octanol–water partition coefficient (Wildman–Crippen LogP) is 3.60. The standard InChI is InChI=1S/C22H26N2O3S2/c25-16-13-18-10-4-5-14-23(18)20(26)12-15-24-21(27)19(29-22(24)28)11-6-9-17-7-2-1-3-8-17/h1-3,6-9,11,18,25H,4-5,10,12-16H2/b9-6+,19-11-/t18-/m0/s1. The first kappa shape index (κ1) is 21.7. The summed E-state index contributed by atoms with van der Waals surface area (Å²) in [5.74, 6) is -0.110. The molecule has 2 aliphatic rings. The maximum absolute atomic E-state index is 12.7. The number of nitrogens with zero attached hydrogens (tertiary/aromatic N) is 2. The summed E-state index contributed by atoms with van der Waals surface area (Å²) >= 11 is 6.63. The molecule has 0 radical (unpaired) electrons. The maximum atomic E-state index is 12.7. The van der Waals surface area contributed by atoms with Crippen molar-refractivity contribution in [2.24, 2.45) is 0 Å². The van der Waals surface area contributed by atoms with Crippen molar-refractivity contribution in [2.75, 3.05) is 19.7 Å². The third-order valence-corrected chi connectivity index (χ3v) is 6.56. The van der Waals surface area contributed by atoms with Crippen LogP contribution in [0.3, 0.4) is 0 Å². The van der Waals surface area contributed by atoms with E-state index in [0.29, 0.717) is 22.2 Å². The number of allylic oxidation sites excluding steroid dienone is 2. The third kappa shape index (κ3) is 5.78. The molecule has 1 aromatic rings. The van der Waals surface area contributed by atoms with Gasteiger partial charge in [-0.15, -0.1) is 0 Å². The minimum atomic E-state index is -0.143. The largest absolute Gasteiger partial charge is 0.396 e. The number of aliphatic hydroxyl groups is 1. The van der Waals surface area contributed by atoms with Gasteiger partial charge in [0, 0.05) is 32.2 Å². The van der Waals surface area contributed by atoms with Crippen LogP contribution in [0.5, 0.6) is 0 Å². The minimum Gasteiger partial charge on any atom is -0.396 e. The van der Waals surface area contributed by atoms with Crippen molar-refractivity contribution in [1.29, 1.82) is 0 Å². The number of aliphatic hydroxyl groups excluding tert-OH is 1. The molecule has 0 bridgehead atoms. The number of benzene rings is 1.